The van der Waals surface area contributed by atoms with E-state index in [2.05, 4.69) is 19.2 Å². The summed E-state index contributed by atoms with van der Waals surface area (Å²) in [6, 6.07) is 0.443. The molecule has 0 spiro atoms. The zero-order valence-corrected chi connectivity index (χ0v) is 9.36. The van der Waals surface area contributed by atoms with E-state index in [1.165, 1.54) is 6.26 Å². The summed E-state index contributed by atoms with van der Waals surface area (Å²) in [6.45, 7) is 5.72. The molecular formula is C8H19NO3S. The number of sulfone groups is 1. The van der Waals surface area contributed by atoms with Crippen molar-refractivity contribution in [2.75, 3.05) is 31.8 Å². The first-order chi connectivity index (χ1) is 5.92. The minimum Gasteiger partial charge on any atom is -0.379 e. The van der Waals surface area contributed by atoms with Gasteiger partial charge in [-0.25, -0.2) is 8.42 Å². The lowest BCUT2D eigenvalue weighted by molar-refractivity contribution is 0.149. The Morgan fingerprint density at radius 3 is 2.38 bits per heavy atom. The van der Waals surface area contributed by atoms with Crippen LogP contribution in [0.3, 0.4) is 0 Å². The first kappa shape index (κ1) is 12.9. The third-order valence-electron chi connectivity index (χ3n) is 1.40. The van der Waals surface area contributed by atoms with Gasteiger partial charge in [0.1, 0.15) is 9.84 Å². The van der Waals surface area contributed by atoms with Gasteiger partial charge in [-0.05, 0) is 0 Å². The zero-order valence-electron chi connectivity index (χ0n) is 8.54. The van der Waals surface area contributed by atoms with E-state index in [-0.39, 0.29) is 5.75 Å². The van der Waals surface area contributed by atoms with Crippen molar-refractivity contribution in [2.24, 2.45) is 0 Å². The Morgan fingerprint density at radius 1 is 1.31 bits per heavy atom. The standard InChI is InChI=1S/C8H19NO3S/c1-8(2)9-4-5-12-6-7-13(3,10)11/h8-9H,4-7H2,1-3H3. The van der Waals surface area contributed by atoms with Gasteiger partial charge in [0, 0.05) is 18.8 Å². The summed E-state index contributed by atoms with van der Waals surface area (Å²) in [7, 11) is -2.87. The lowest BCUT2D eigenvalue weighted by Crippen LogP contribution is -2.27. The second-order valence-electron chi connectivity index (χ2n) is 3.35. The summed E-state index contributed by atoms with van der Waals surface area (Å²) in [4.78, 5) is 0. The summed E-state index contributed by atoms with van der Waals surface area (Å²) >= 11 is 0. The summed E-state index contributed by atoms with van der Waals surface area (Å²) in [5.41, 5.74) is 0. The van der Waals surface area contributed by atoms with Gasteiger partial charge < -0.3 is 10.1 Å². The Morgan fingerprint density at radius 2 is 1.92 bits per heavy atom. The van der Waals surface area contributed by atoms with E-state index in [0.29, 0.717) is 19.3 Å². The van der Waals surface area contributed by atoms with Gasteiger partial charge in [0.15, 0.2) is 0 Å². The second-order valence-corrected chi connectivity index (χ2v) is 5.61. The van der Waals surface area contributed by atoms with Gasteiger partial charge in [0.2, 0.25) is 0 Å². The highest BCUT2D eigenvalue weighted by molar-refractivity contribution is 7.90. The molecule has 0 amide bonds. The van der Waals surface area contributed by atoms with E-state index in [9.17, 15) is 8.42 Å². The van der Waals surface area contributed by atoms with Crippen LogP contribution >= 0.6 is 0 Å². The SMILES string of the molecule is CC(C)NCCOCCS(C)(=O)=O. The fourth-order valence-corrected chi connectivity index (χ4v) is 1.15. The first-order valence-electron chi connectivity index (χ1n) is 4.40. The van der Waals surface area contributed by atoms with Crippen LogP contribution in [0.5, 0.6) is 0 Å². The molecule has 0 fully saturated rings. The minimum atomic E-state index is -2.87. The Balaban J connectivity index is 3.18. The molecule has 0 aromatic carbocycles. The Hall–Kier alpha value is -0.130. The molecule has 1 N–H and O–H groups in total. The highest BCUT2D eigenvalue weighted by Crippen LogP contribution is 1.84. The zero-order chi connectivity index (χ0) is 10.3. The fourth-order valence-electron chi connectivity index (χ4n) is 0.732. The number of hydrogen-bond acceptors (Lipinski definition) is 4. The predicted octanol–water partition coefficient (Wildman–Crippen LogP) is 0.0456. The van der Waals surface area contributed by atoms with Crippen LogP contribution in [0.2, 0.25) is 0 Å². The summed E-state index contributed by atoms with van der Waals surface area (Å²) < 4.78 is 26.5. The third-order valence-corrected chi connectivity index (χ3v) is 2.31. The number of hydrogen-bond donors (Lipinski definition) is 1. The minimum absolute atomic E-state index is 0.106. The van der Waals surface area contributed by atoms with E-state index in [4.69, 9.17) is 4.74 Å². The predicted molar refractivity (Wildman–Crippen MR) is 53.7 cm³/mol. The lowest BCUT2D eigenvalue weighted by Gasteiger charge is -2.07. The van der Waals surface area contributed by atoms with Crippen molar-refractivity contribution in [3.05, 3.63) is 0 Å². The quantitative estimate of drug-likeness (QED) is 0.602. The van der Waals surface area contributed by atoms with Gasteiger partial charge >= 0.3 is 0 Å². The van der Waals surface area contributed by atoms with Crippen molar-refractivity contribution in [3.8, 4) is 0 Å². The van der Waals surface area contributed by atoms with Crippen molar-refractivity contribution in [2.45, 2.75) is 19.9 Å². The molecule has 5 heteroatoms. The molecule has 0 aliphatic rings. The maximum Gasteiger partial charge on any atom is 0.149 e. The van der Waals surface area contributed by atoms with Crippen molar-refractivity contribution in [1.29, 1.82) is 0 Å². The molecule has 0 saturated heterocycles. The van der Waals surface area contributed by atoms with Crippen LogP contribution in [0, 0.1) is 0 Å². The van der Waals surface area contributed by atoms with Crippen molar-refractivity contribution in [1.82, 2.24) is 5.32 Å². The first-order valence-corrected chi connectivity index (χ1v) is 6.47. The summed E-state index contributed by atoms with van der Waals surface area (Å²) in [6.07, 6.45) is 1.21. The molecule has 0 saturated carbocycles. The molecule has 0 aromatic heterocycles. The molecule has 0 aromatic rings. The monoisotopic (exact) mass is 209 g/mol. The molecule has 0 unspecified atom stereocenters. The molecule has 80 valence electrons. The van der Waals surface area contributed by atoms with E-state index in [0.717, 1.165) is 6.54 Å². The van der Waals surface area contributed by atoms with Gasteiger partial charge in [0.25, 0.3) is 0 Å². The highest BCUT2D eigenvalue weighted by Gasteiger charge is 2.00. The van der Waals surface area contributed by atoms with Crippen molar-refractivity contribution >= 4 is 9.84 Å². The topological polar surface area (TPSA) is 55.4 Å². The van der Waals surface area contributed by atoms with E-state index in [1.54, 1.807) is 0 Å². The largest absolute Gasteiger partial charge is 0.379 e. The number of rotatable bonds is 7. The van der Waals surface area contributed by atoms with Crippen LogP contribution in [0.25, 0.3) is 0 Å². The molecule has 0 radical (unpaired) electrons. The Bertz CT molecular complexity index is 211. The average molecular weight is 209 g/mol. The normalized spacial score (nSPS) is 12.3. The lowest BCUT2D eigenvalue weighted by atomic mass is 10.4. The molecule has 0 aliphatic heterocycles. The van der Waals surface area contributed by atoms with Crippen LogP contribution in [0.1, 0.15) is 13.8 Å². The average Bonchev–Trinajstić information content (AvgIpc) is 1.93. The molecular weight excluding hydrogens is 190 g/mol. The second kappa shape index (κ2) is 6.34. The maximum absolute atomic E-state index is 10.7. The summed E-state index contributed by atoms with van der Waals surface area (Å²) in [5, 5.41) is 3.17. The van der Waals surface area contributed by atoms with Crippen LogP contribution in [0.4, 0.5) is 0 Å². The molecule has 0 rings (SSSR count). The smallest absolute Gasteiger partial charge is 0.149 e. The van der Waals surface area contributed by atoms with E-state index >= 15 is 0 Å². The third kappa shape index (κ3) is 11.9. The van der Waals surface area contributed by atoms with Crippen LogP contribution < -0.4 is 5.32 Å². The molecule has 0 atom stereocenters. The van der Waals surface area contributed by atoms with Crippen molar-refractivity contribution < 1.29 is 13.2 Å². The van der Waals surface area contributed by atoms with E-state index in [1.807, 2.05) is 0 Å². The van der Waals surface area contributed by atoms with Crippen LogP contribution in [0.15, 0.2) is 0 Å². The van der Waals surface area contributed by atoms with Gasteiger partial charge in [0.05, 0.1) is 19.0 Å². The highest BCUT2D eigenvalue weighted by atomic mass is 32.2. The number of nitrogens with one attached hydrogen (secondary N) is 1. The van der Waals surface area contributed by atoms with Gasteiger partial charge in [-0.1, -0.05) is 13.8 Å². The molecule has 0 bridgehead atoms. The molecule has 4 nitrogen and oxygen atoms in total. The maximum atomic E-state index is 10.7. The molecule has 13 heavy (non-hydrogen) atoms. The van der Waals surface area contributed by atoms with Gasteiger partial charge in [-0.2, -0.15) is 0 Å². The number of ether oxygens (including phenoxy) is 1. The Labute approximate surface area is 80.6 Å². The summed E-state index contributed by atoms with van der Waals surface area (Å²) in [5.74, 6) is 0.106. The fraction of sp³-hybridized carbons (Fsp3) is 1.00. The van der Waals surface area contributed by atoms with E-state index < -0.39 is 9.84 Å². The van der Waals surface area contributed by atoms with Crippen LogP contribution in [-0.2, 0) is 14.6 Å². The molecule has 0 heterocycles. The Kier molecular flexibility index (Phi) is 6.28. The van der Waals surface area contributed by atoms with Crippen LogP contribution in [-0.4, -0.2) is 46.2 Å². The molecule has 0 aliphatic carbocycles. The van der Waals surface area contributed by atoms with Gasteiger partial charge in [-0.3, -0.25) is 0 Å². The van der Waals surface area contributed by atoms with Gasteiger partial charge in [-0.15, -0.1) is 0 Å². The van der Waals surface area contributed by atoms with Crippen molar-refractivity contribution in [3.63, 3.8) is 0 Å².